The maximum atomic E-state index is 13.5. The van der Waals surface area contributed by atoms with Crippen LogP contribution in [0.25, 0.3) is 10.6 Å². The molecule has 0 atom stereocenters. The van der Waals surface area contributed by atoms with Gasteiger partial charge < -0.3 is 10.6 Å². The van der Waals surface area contributed by atoms with Gasteiger partial charge in [0.2, 0.25) is 0 Å². The highest BCUT2D eigenvalue weighted by Crippen LogP contribution is 2.21. The van der Waals surface area contributed by atoms with Crippen molar-refractivity contribution in [1.82, 2.24) is 15.1 Å². The second-order valence-corrected chi connectivity index (χ2v) is 6.56. The summed E-state index contributed by atoms with van der Waals surface area (Å²) in [7, 11) is 0. The van der Waals surface area contributed by atoms with E-state index >= 15 is 0 Å². The van der Waals surface area contributed by atoms with Crippen LogP contribution in [-0.4, -0.2) is 22.4 Å². The Morgan fingerprint density at radius 1 is 1.19 bits per heavy atom. The van der Waals surface area contributed by atoms with Crippen LogP contribution in [0.1, 0.15) is 6.42 Å². The van der Waals surface area contributed by atoms with E-state index in [0.29, 0.717) is 24.7 Å². The summed E-state index contributed by atoms with van der Waals surface area (Å²) in [5, 5.41) is 11.1. The van der Waals surface area contributed by atoms with Crippen molar-refractivity contribution in [3.8, 4) is 10.6 Å². The molecule has 0 saturated carbocycles. The number of benzene rings is 1. The van der Waals surface area contributed by atoms with Gasteiger partial charge in [-0.15, -0.1) is 11.3 Å². The van der Waals surface area contributed by atoms with E-state index in [1.54, 1.807) is 6.07 Å². The second-order valence-electron chi connectivity index (χ2n) is 5.62. The van der Waals surface area contributed by atoms with E-state index < -0.39 is 17.7 Å². The number of amides is 2. The second kappa shape index (κ2) is 8.54. The van der Waals surface area contributed by atoms with Crippen molar-refractivity contribution in [3.63, 3.8) is 0 Å². The molecule has 0 spiro atoms. The van der Waals surface area contributed by atoms with Crippen molar-refractivity contribution >= 4 is 23.1 Å². The summed E-state index contributed by atoms with van der Waals surface area (Å²) in [4.78, 5) is 24.6. The van der Waals surface area contributed by atoms with Crippen molar-refractivity contribution < 1.29 is 13.6 Å². The predicted molar refractivity (Wildman–Crippen MR) is 99.8 cm³/mol. The highest BCUT2D eigenvalue weighted by Gasteiger charge is 2.08. The standard InChI is InChI=1S/C18H16F2N4O2S/c19-12-4-5-14(13(20)11-12)22-18(26)21-8-2-9-24-17(25)7-6-15(23-24)16-3-1-10-27-16/h1,3-7,10-11H,2,8-9H2,(H2,21,22,26). The van der Waals surface area contributed by atoms with E-state index in [1.165, 1.54) is 22.1 Å². The maximum Gasteiger partial charge on any atom is 0.319 e. The number of carbonyl (C=O) groups excluding carboxylic acids is 1. The molecule has 0 unspecified atom stereocenters. The molecular formula is C18H16F2N4O2S. The third kappa shape index (κ3) is 4.98. The molecule has 2 aromatic heterocycles. The third-order valence-corrected chi connectivity index (χ3v) is 4.54. The molecule has 140 valence electrons. The number of hydrogen-bond donors (Lipinski definition) is 2. The lowest BCUT2D eigenvalue weighted by atomic mass is 10.3. The molecule has 6 nitrogen and oxygen atoms in total. The number of hydrogen-bond acceptors (Lipinski definition) is 4. The van der Waals surface area contributed by atoms with Gasteiger partial charge in [0.05, 0.1) is 10.6 Å². The van der Waals surface area contributed by atoms with Crippen LogP contribution >= 0.6 is 11.3 Å². The zero-order chi connectivity index (χ0) is 19.2. The molecule has 3 rings (SSSR count). The Kier molecular flexibility index (Phi) is 5.92. The first kappa shape index (κ1) is 18.7. The number of carbonyl (C=O) groups is 1. The summed E-state index contributed by atoms with van der Waals surface area (Å²) in [6.07, 6.45) is 0.458. The van der Waals surface area contributed by atoms with Gasteiger partial charge in [-0.05, 0) is 36.1 Å². The predicted octanol–water partition coefficient (Wildman–Crippen LogP) is 3.46. The topological polar surface area (TPSA) is 76.0 Å². The number of rotatable bonds is 6. The summed E-state index contributed by atoms with van der Waals surface area (Å²) < 4.78 is 27.7. The van der Waals surface area contributed by atoms with E-state index in [0.717, 1.165) is 17.0 Å². The molecule has 0 aliphatic rings. The summed E-state index contributed by atoms with van der Waals surface area (Å²) in [6.45, 7) is 0.579. The first-order chi connectivity index (χ1) is 13.0. The summed E-state index contributed by atoms with van der Waals surface area (Å²) in [5.41, 5.74) is 0.366. The van der Waals surface area contributed by atoms with Crippen molar-refractivity contribution in [2.45, 2.75) is 13.0 Å². The molecular weight excluding hydrogens is 374 g/mol. The van der Waals surface area contributed by atoms with Crippen LogP contribution in [0.3, 0.4) is 0 Å². The Morgan fingerprint density at radius 2 is 2.04 bits per heavy atom. The molecule has 2 heterocycles. The van der Waals surface area contributed by atoms with Crippen molar-refractivity contribution in [2.75, 3.05) is 11.9 Å². The van der Waals surface area contributed by atoms with Crippen LogP contribution in [0.4, 0.5) is 19.3 Å². The number of nitrogens with zero attached hydrogens (tertiary/aromatic N) is 2. The Balaban J connectivity index is 1.50. The van der Waals surface area contributed by atoms with E-state index in [-0.39, 0.29) is 17.8 Å². The lowest BCUT2D eigenvalue weighted by molar-refractivity contribution is 0.251. The molecule has 0 saturated heterocycles. The fourth-order valence-electron chi connectivity index (χ4n) is 2.35. The zero-order valence-electron chi connectivity index (χ0n) is 14.1. The monoisotopic (exact) mass is 390 g/mol. The zero-order valence-corrected chi connectivity index (χ0v) is 14.9. The largest absolute Gasteiger partial charge is 0.338 e. The Morgan fingerprint density at radius 3 is 2.78 bits per heavy atom. The number of urea groups is 1. The van der Waals surface area contributed by atoms with E-state index in [1.807, 2.05) is 17.5 Å². The highest BCUT2D eigenvalue weighted by molar-refractivity contribution is 7.13. The van der Waals surface area contributed by atoms with Crippen molar-refractivity contribution in [1.29, 1.82) is 0 Å². The van der Waals surface area contributed by atoms with Crippen LogP contribution in [0.15, 0.2) is 52.6 Å². The highest BCUT2D eigenvalue weighted by atomic mass is 32.1. The normalized spacial score (nSPS) is 10.6. The molecule has 2 N–H and O–H groups in total. The van der Waals surface area contributed by atoms with Gasteiger partial charge in [0.25, 0.3) is 5.56 Å². The van der Waals surface area contributed by atoms with Gasteiger partial charge in [-0.1, -0.05) is 6.07 Å². The first-order valence-corrected chi connectivity index (χ1v) is 9.03. The van der Waals surface area contributed by atoms with Crippen LogP contribution in [0.5, 0.6) is 0 Å². The van der Waals surface area contributed by atoms with Crippen LogP contribution in [-0.2, 0) is 6.54 Å². The number of anilines is 1. The van der Waals surface area contributed by atoms with Gasteiger partial charge in [-0.25, -0.2) is 18.3 Å². The molecule has 0 fully saturated rings. The number of thiophene rings is 1. The molecule has 1 aromatic carbocycles. The molecule has 3 aromatic rings. The molecule has 0 radical (unpaired) electrons. The van der Waals surface area contributed by atoms with Crippen molar-refractivity contribution in [2.24, 2.45) is 0 Å². The fraction of sp³-hybridized carbons (Fsp3) is 0.167. The smallest absolute Gasteiger partial charge is 0.319 e. The number of nitrogens with one attached hydrogen (secondary N) is 2. The number of aryl methyl sites for hydroxylation is 1. The maximum absolute atomic E-state index is 13.5. The third-order valence-electron chi connectivity index (χ3n) is 3.65. The minimum absolute atomic E-state index is 0.115. The molecule has 0 aliphatic heterocycles. The first-order valence-electron chi connectivity index (χ1n) is 8.15. The summed E-state index contributed by atoms with van der Waals surface area (Å²) in [5.74, 6) is -1.58. The number of aromatic nitrogens is 2. The lowest BCUT2D eigenvalue weighted by Crippen LogP contribution is -2.31. The average molecular weight is 390 g/mol. The lowest BCUT2D eigenvalue weighted by Gasteiger charge is -2.09. The van der Waals surface area contributed by atoms with Crippen LogP contribution in [0, 0.1) is 11.6 Å². The van der Waals surface area contributed by atoms with Gasteiger partial charge in [0.1, 0.15) is 17.3 Å². The van der Waals surface area contributed by atoms with E-state index in [2.05, 4.69) is 15.7 Å². The molecule has 9 heteroatoms. The Hall–Kier alpha value is -3.07. The molecule has 27 heavy (non-hydrogen) atoms. The summed E-state index contributed by atoms with van der Waals surface area (Å²) in [6, 6.07) is 9.22. The fourth-order valence-corrected chi connectivity index (χ4v) is 3.04. The Bertz CT molecular complexity index is 989. The summed E-state index contributed by atoms with van der Waals surface area (Å²) >= 11 is 1.53. The van der Waals surface area contributed by atoms with Gasteiger partial charge in [0, 0.05) is 25.2 Å². The minimum Gasteiger partial charge on any atom is -0.338 e. The van der Waals surface area contributed by atoms with Crippen molar-refractivity contribution in [3.05, 3.63) is 69.8 Å². The van der Waals surface area contributed by atoms with Gasteiger partial charge in [-0.3, -0.25) is 4.79 Å². The van der Waals surface area contributed by atoms with Gasteiger partial charge in [-0.2, -0.15) is 5.10 Å². The van der Waals surface area contributed by atoms with Gasteiger partial charge >= 0.3 is 6.03 Å². The molecule has 2 amide bonds. The van der Waals surface area contributed by atoms with Crippen LogP contribution < -0.4 is 16.2 Å². The van der Waals surface area contributed by atoms with E-state index in [4.69, 9.17) is 0 Å². The van der Waals surface area contributed by atoms with E-state index in [9.17, 15) is 18.4 Å². The van der Waals surface area contributed by atoms with Gasteiger partial charge in [0.15, 0.2) is 0 Å². The number of halogens is 2. The Labute approximate surface area is 157 Å². The average Bonchev–Trinajstić information content (AvgIpc) is 3.17. The minimum atomic E-state index is -0.855. The van der Waals surface area contributed by atoms with Crippen LogP contribution in [0.2, 0.25) is 0 Å². The molecule has 0 aliphatic carbocycles. The molecule has 0 bridgehead atoms. The SMILES string of the molecule is O=C(NCCCn1nc(-c2cccs2)ccc1=O)Nc1ccc(F)cc1F. The quantitative estimate of drug-likeness (QED) is 0.633.